The van der Waals surface area contributed by atoms with Gasteiger partial charge in [-0.1, -0.05) is 49.4 Å². The summed E-state index contributed by atoms with van der Waals surface area (Å²) in [5.41, 5.74) is 1.97. The van der Waals surface area contributed by atoms with Crippen LogP contribution in [-0.2, 0) is 14.8 Å². The number of carbonyl (C=O) groups is 1. The second-order valence-electron chi connectivity index (χ2n) is 7.88. The molecule has 1 saturated heterocycles. The summed E-state index contributed by atoms with van der Waals surface area (Å²) in [5.74, 6) is 0.0469. The van der Waals surface area contributed by atoms with Crippen LogP contribution in [0.2, 0.25) is 0 Å². The number of thiazole rings is 1. The number of benzene rings is 2. The number of anilines is 1. The van der Waals surface area contributed by atoms with Gasteiger partial charge in [0.25, 0.3) is 0 Å². The highest BCUT2D eigenvalue weighted by Gasteiger charge is 2.32. The van der Waals surface area contributed by atoms with E-state index in [1.807, 2.05) is 36.4 Å². The fourth-order valence-electron chi connectivity index (χ4n) is 3.67. The van der Waals surface area contributed by atoms with Crippen LogP contribution in [0.1, 0.15) is 38.2 Å². The number of hydrogen-bond acceptors (Lipinski definition) is 5. The Balaban J connectivity index is 1.38. The second kappa shape index (κ2) is 8.45. The van der Waals surface area contributed by atoms with Gasteiger partial charge in [-0.25, -0.2) is 13.4 Å². The number of aromatic nitrogens is 1. The topological polar surface area (TPSA) is 79.4 Å². The standard InChI is InChI=1S/C22H25N3O3S2/c1-15(2)16-7-9-18(10-8-16)30(27,28)25-13-11-17(12-14-25)21(26)24-22-23-19-5-3-4-6-20(19)29-22/h3-10,15,17H,11-14H2,1-2H3,(H,23,24,26). The molecule has 6 nitrogen and oxygen atoms in total. The summed E-state index contributed by atoms with van der Waals surface area (Å²) in [6.07, 6.45) is 1.00. The van der Waals surface area contributed by atoms with Gasteiger partial charge < -0.3 is 5.32 Å². The van der Waals surface area contributed by atoms with E-state index in [1.54, 1.807) is 12.1 Å². The molecule has 0 atom stereocenters. The molecule has 0 radical (unpaired) electrons. The van der Waals surface area contributed by atoms with Crippen molar-refractivity contribution in [1.82, 2.24) is 9.29 Å². The molecule has 1 fully saturated rings. The zero-order valence-electron chi connectivity index (χ0n) is 17.0. The van der Waals surface area contributed by atoms with Crippen LogP contribution >= 0.6 is 11.3 Å². The molecule has 158 valence electrons. The minimum absolute atomic E-state index is 0.0904. The zero-order valence-corrected chi connectivity index (χ0v) is 18.7. The molecule has 0 unspecified atom stereocenters. The number of carbonyl (C=O) groups excluding carboxylic acids is 1. The Morgan fingerprint density at radius 2 is 1.77 bits per heavy atom. The van der Waals surface area contributed by atoms with E-state index < -0.39 is 10.0 Å². The number of para-hydroxylation sites is 1. The first-order valence-corrected chi connectivity index (χ1v) is 12.4. The van der Waals surface area contributed by atoms with Crippen molar-refractivity contribution in [3.8, 4) is 0 Å². The summed E-state index contributed by atoms with van der Waals surface area (Å²) in [7, 11) is -3.54. The van der Waals surface area contributed by atoms with Gasteiger partial charge in [0.05, 0.1) is 15.1 Å². The van der Waals surface area contributed by atoms with Crippen LogP contribution in [0.3, 0.4) is 0 Å². The molecule has 0 saturated carbocycles. The molecule has 2 aromatic carbocycles. The zero-order chi connectivity index (χ0) is 21.3. The van der Waals surface area contributed by atoms with Crippen molar-refractivity contribution in [3.05, 3.63) is 54.1 Å². The maximum atomic E-state index is 13.0. The summed E-state index contributed by atoms with van der Waals surface area (Å²) in [6.45, 7) is 4.83. The number of nitrogens with zero attached hydrogens (tertiary/aromatic N) is 2. The number of sulfonamides is 1. The number of rotatable bonds is 5. The fraction of sp³-hybridized carbons (Fsp3) is 0.364. The molecule has 8 heteroatoms. The highest BCUT2D eigenvalue weighted by molar-refractivity contribution is 7.89. The summed E-state index contributed by atoms with van der Waals surface area (Å²) in [4.78, 5) is 17.4. The normalized spacial score (nSPS) is 16.2. The van der Waals surface area contributed by atoms with Gasteiger partial charge in [-0.05, 0) is 48.6 Å². The Kier molecular flexibility index (Phi) is 5.90. The van der Waals surface area contributed by atoms with Gasteiger partial charge in [0.1, 0.15) is 0 Å². The number of fused-ring (bicyclic) bond motifs is 1. The van der Waals surface area contributed by atoms with Crippen molar-refractivity contribution in [2.75, 3.05) is 18.4 Å². The fourth-order valence-corrected chi connectivity index (χ4v) is 6.00. The molecule has 0 bridgehead atoms. The van der Waals surface area contributed by atoms with Crippen LogP contribution < -0.4 is 5.32 Å². The monoisotopic (exact) mass is 443 g/mol. The average molecular weight is 444 g/mol. The van der Waals surface area contributed by atoms with E-state index in [4.69, 9.17) is 0 Å². The molecule has 30 heavy (non-hydrogen) atoms. The van der Waals surface area contributed by atoms with Crippen LogP contribution in [0.5, 0.6) is 0 Å². The molecule has 1 aliphatic heterocycles. The maximum absolute atomic E-state index is 13.0. The van der Waals surface area contributed by atoms with E-state index >= 15 is 0 Å². The SMILES string of the molecule is CC(C)c1ccc(S(=O)(=O)N2CCC(C(=O)Nc3nc4ccccc4s3)CC2)cc1. The van der Waals surface area contributed by atoms with Gasteiger partial charge >= 0.3 is 0 Å². The van der Waals surface area contributed by atoms with Gasteiger partial charge in [-0.3, -0.25) is 4.79 Å². The van der Waals surface area contributed by atoms with E-state index in [-0.39, 0.29) is 11.8 Å². The smallest absolute Gasteiger partial charge is 0.243 e. The molecule has 4 rings (SSSR count). The molecule has 1 aromatic heterocycles. The maximum Gasteiger partial charge on any atom is 0.243 e. The Hall–Kier alpha value is -2.29. The predicted molar refractivity (Wildman–Crippen MR) is 120 cm³/mol. The van der Waals surface area contributed by atoms with Crippen LogP contribution in [-0.4, -0.2) is 36.7 Å². The molecule has 1 amide bonds. The van der Waals surface area contributed by atoms with Gasteiger partial charge in [0, 0.05) is 19.0 Å². The van der Waals surface area contributed by atoms with Gasteiger partial charge in [-0.2, -0.15) is 4.31 Å². The first-order valence-electron chi connectivity index (χ1n) is 10.1. The van der Waals surface area contributed by atoms with Crippen LogP contribution in [0.25, 0.3) is 10.2 Å². The second-order valence-corrected chi connectivity index (χ2v) is 10.8. The first-order chi connectivity index (χ1) is 14.3. The van der Waals surface area contributed by atoms with Gasteiger partial charge in [-0.15, -0.1) is 0 Å². The molecule has 1 N–H and O–H groups in total. The molecule has 3 aromatic rings. The molecule has 0 spiro atoms. The van der Waals surface area contributed by atoms with E-state index in [1.165, 1.54) is 15.6 Å². The summed E-state index contributed by atoms with van der Waals surface area (Å²) < 4.78 is 28.4. The Labute approximate surface area is 181 Å². The lowest BCUT2D eigenvalue weighted by atomic mass is 9.97. The van der Waals surface area contributed by atoms with E-state index in [0.717, 1.165) is 15.8 Å². The van der Waals surface area contributed by atoms with Gasteiger partial charge in [0.2, 0.25) is 15.9 Å². The summed E-state index contributed by atoms with van der Waals surface area (Å²) in [5, 5.41) is 3.49. The highest BCUT2D eigenvalue weighted by atomic mass is 32.2. The van der Waals surface area contributed by atoms with Crippen molar-refractivity contribution in [3.63, 3.8) is 0 Å². The molecule has 1 aliphatic rings. The van der Waals surface area contributed by atoms with Crippen molar-refractivity contribution >= 4 is 42.6 Å². The Bertz CT molecular complexity index is 1110. The molecular weight excluding hydrogens is 418 g/mol. The average Bonchev–Trinajstić information content (AvgIpc) is 3.16. The first kappa shape index (κ1) is 21.0. The number of nitrogens with one attached hydrogen (secondary N) is 1. The quantitative estimate of drug-likeness (QED) is 0.631. The number of piperidine rings is 1. The summed E-state index contributed by atoms with van der Waals surface area (Å²) in [6, 6.07) is 14.8. The predicted octanol–water partition coefficient (Wildman–Crippen LogP) is 4.46. The minimum atomic E-state index is -3.54. The Morgan fingerprint density at radius 1 is 1.10 bits per heavy atom. The van der Waals surface area contributed by atoms with Crippen molar-refractivity contribution in [2.24, 2.45) is 5.92 Å². The Morgan fingerprint density at radius 3 is 2.40 bits per heavy atom. The largest absolute Gasteiger partial charge is 0.302 e. The lowest BCUT2D eigenvalue weighted by Gasteiger charge is -2.30. The van der Waals surface area contributed by atoms with E-state index in [2.05, 4.69) is 24.1 Å². The van der Waals surface area contributed by atoms with Crippen LogP contribution in [0, 0.1) is 5.92 Å². The van der Waals surface area contributed by atoms with Crippen LogP contribution in [0.4, 0.5) is 5.13 Å². The lowest BCUT2D eigenvalue weighted by molar-refractivity contribution is -0.120. The van der Waals surface area contributed by atoms with Gasteiger partial charge in [0.15, 0.2) is 5.13 Å². The molecular formula is C22H25N3O3S2. The third-order valence-corrected chi connectivity index (χ3v) is 8.40. The molecule has 0 aliphatic carbocycles. The van der Waals surface area contributed by atoms with Crippen LogP contribution in [0.15, 0.2) is 53.4 Å². The van der Waals surface area contributed by atoms with E-state index in [0.29, 0.717) is 41.9 Å². The van der Waals surface area contributed by atoms with Crippen molar-refractivity contribution in [2.45, 2.75) is 37.5 Å². The number of hydrogen-bond donors (Lipinski definition) is 1. The molecule has 2 heterocycles. The number of amides is 1. The lowest BCUT2D eigenvalue weighted by Crippen LogP contribution is -2.41. The van der Waals surface area contributed by atoms with E-state index in [9.17, 15) is 13.2 Å². The summed E-state index contributed by atoms with van der Waals surface area (Å²) >= 11 is 1.45. The third-order valence-electron chi connectivity index (χ3n) is 5.53. The highest BCUT2D eigenvalue weighted by Crippen LogP contribution is 2.28. The minimum Gasteiger partial charge on any atom is -0.302 e. The van der Waals surface area contributed by atoms with Crippen molar-refractivity contribution < 1.29 is 13.2 Å². The third kappa shape index (κ3) is 4.26. The van der Waals surface area contributed by atoms with Crippen molar-refractivity contribution in [1.29, 1.82) is 0 Å².